The molecule has 0 aliphatic carbocycles. The van der Waals surface area contributed by atoms with Gasteiger partial charge in [-0.15, -0.1) is 0 Å². The molecule has 6 nitrogen and oxygen atoms in total. The van der Waals surface area contributed by atoms with Crippen LogP contribution in [0.5, 0.6) is 0 Å². The van der Waals surface area contributed by atoms with Crippen molar-refractivity contribution >= 4 is 11.6 Å². The summed E-state index contributed by atoms with van der Waals surface area (Å²) in [5.74, 6) is 0.213. The third-order valence-electron chi connectivity index (χ3n) is 3.29. The highest BCUT2D eigenvalue weighted by molar-refractivity contribution is 6.06. The molecule has 110 valence electrons. The number of aryl methyl sites for hydroxylation is 1. The molecule has 1 amide bonds. The van der Waals surface area contributed by atoms with E-state index in [2.05, 4.69) is 27.3 Å². The summed E-state index contributed by atoms with van der Waals surface area (Å²) < 4.78 is 1.47. The summed E-state index contributed by atoms with van der Waals surface area (Å²) in [5, 5.41) is 6.89. The van der Waals surface area contributed by atoms with Crippen LogP contribution in [0.2, 0.25) is 0 Å². The zero-order valence-electron chi connectivity index (χ0n) is 12.1. The number of carbonyl (C=O) groups is 1. The lowest BCUT2D eigenvalue weighted by atomic mass is 10.1. The van der Waals surface area contributed by atoms with E-state index < -0.39 is 0 Å². The number of benzene rings is 1. The minimum absolute atomic E-state index is 0.233. The number of rotatable bonds is 4. The SMILES string of the molecule is CCc1ccc(NC(=O)c2cccnc2-n2cncn2)cc1. The van der Waals surface area contributed by atoms with Crippen LogP contribution >= 0.6 is 0 Å². The highest BCUT2D eigenvalue weighted by atomic mass is 16.1. The van der Waals surface area contributed by atoms with Crippen molar-refractivity contribution in [3.05, 3.63) is 66.4 Å². The molecule has 0 unspecified atom stereocenters. The van der Waals surface area contributed by atoms with Gasteiger partial charge in [-0.25, -0.2) is 14.6 Å². The van der Waals surface area contributed by atoms with Crippen LogP contribution in [0.25, 0.3) is 5.82 Å². The van der Waals surface area contributed by atoms with E-state index in [1.807, 2.05) is 24.3 Å². The highest BCUT2D eigenvalue weighted by Crippen LogP contribution is 2.14. The summed E-state index contributed by atoms with van der Waals surface area (Å²) in [6.45, 7) is 2.09. The van der Waals surface area contributed by atoms with Crippen molar-refractivity contribution in [3.8, 4) is 5.82 Å². The van der Waals surface area contributed by atoms with E-state index in [1.54, 1.807) is 18.3 Å². The van der Waals surface area contributed by atoms with Gasteiger partial charge >= 0.3 is 0 Å². The zero-order valence-corrected chi connectivity index (χ0v) is 12.1. The molecule has 0 saturated heterocycles. The van der Waals surface area contributed by atoms with Crippen molar-refractivity contribution in [1.29, 1.82) is 0 Å². The molecule has 2 aromatic heterocycles. The first kappa shape index (κ1) is 13.9. The average molecular weight is 293 g/mol. The summed E-state index contributed by atoms with van der Waals surface area (Å²) in [6, 6.07) is 11.2. The quantitative estimate of drug-likeness (QED) is 0.802. The van der Waals surface area contributed by atoms with E-state index in [1.165, 1.54) is 22.9 Å². The van der Waals surface area contributed by atoms with Gasteiger partial charge in [-0.05, 0) is 36.2 Å². The lowest BCUT2D eigenvalue weighted by Gasteiger charge is -2.09. The lowest BCUT2D eigenvalue weighted by molar-refractivity contribution is 0.102. The van der Waals surface area contributed by atoms with Gasteiger partial charge in [0.15, 0.2) is 5.82 Å². The number of anilines is 1. The molecule has 0 aliphatic rings. The van der Waals surface area contributed by atoms with Crippen molar-refractivity contribution in [3.63, 3.8) is 0 Å². The Morgan fingerprint density at radius 1 is 1.23 bits per heavy atom. The lowest BCUT2D eigenvalue weighted by Crippen LogP contribution is -2.16. The third kappa shape index (κ3) is 2.85. The minimum atomic E-state index is -0.233. The number of nitrogens with one attached hydrogen (secondary N) is 1. The predicted molar refractivity (Wildman–Crippen MR) is 82.9 cm³/mol. The topological polar surface area (TPSA) is 72.7 Å². The van der Waals surface area contributed by atoms with E-state index in [0.29, 0.717) is 11.4 Å². The van der Waals surface area contributed by atoms with Gasteiger partial charge < -0.3 is 5.32 Å². The first-order valence-corrected chi connectivity index (χ1v) is 6.98. The molecule has 0 spiro atoms. The fraction of sp³-hybridized carbons (Fsp3) is 0.125. The maximum absolute atomic E-state index is 12.5. The smallest absolute Gasteiger partial charge is 0.259 e. The average Bonchev–Trinajstić information content (AvgIpc) is 3.10. The molecule has 1 N–H and O–H groups in total. The number of hydrogen-bond donors (Lipinski definition) is 1. The predicted octanol–water partition coefficient (Wildman–Crippen LogP) is 2.48. The number of pyridine rings is 1. The largest absolute Gasteiger partial charge is 0.322 e. The molecule has 1 aromatic carbocycles. The number of nitrogens with zero attached hydrogens (tertiary/aromatic N) is 4. The fourth-order valence-electron chi connectivity index (χ4n) is 2.10. The van der Waals surface area contributed by atoms with Crippen LogP contribution in [-0.4, -0.2) is 25.7 Å². The van der Waals surface area contributed by atoms with E-state index in [9.17, 15) is 4.79 Å². The van der Waals surface area contributed by atoms with E-state index >= 15 is 0 Å². The van der Waals surface area contributed by atoms with Crippen molar-refractivity contribution in [2.24, 2.45) is 0 Å². The van der Waals surface area contributed by atoms with Crippen molar-refractivity contribution in [2.75, 3.05) is 5.32 Å². The summed E-state index contributed by atoms with van der Waals surface area (Å²) >= 11 is 0. The van der Waals surface area contributed by atoms with Crippen LogP contribution in [0.1, 0.15) is 22.8 Å². The molecule has 0 fully saturated rings. The Labute approximate surface area is 127 Å². The molecule has 22 heavy (non-hydrogen) atoms. The second kappa shape index (κ2) is 6.17. The van der Waals surface area contributed by atoms with E-state index in [0.717, 1.165) is 12.1 Å². The normalized spacial score (nSPS) is 10.4. The van der Waals surface area contributed by atoms with Gasteiger partial charge in [-0.3, -0.25) is 4.79 Å². The molecule has 0 radical (unpaired) electrons. The molecule has 0 saturated carbocycles. The molecule has 2 heterocycles. The molecular weight excluding hydrogens is 278 g/mol. The maximum Gasteiger partial charge on any atom is 0.259 e. The summed E-state index contributed by atoms with van der Waals surface area (Å²) in [7, 11) is 0. The van der Waals surface area contributed by atoms with E-state index in [4.69, 9.17) is 0 Å². The summed E-state index contributed by atoms with van der Waals surface area (Å²) in [5.41, 5.74) is 2.41. The van der Waals surface area contributed by atoms with Crippen molar-refractivity contribution in [1.82, 2.24) is 19.7 Å². The van der Waals surface area contributed by atoms with Crippen LogP contribution in [0.4, 0.5) is 5.69 Å². The monoisotopic (exact) mass is 293 g/mol. The fourth-order valence-corrected chi connectivity index (χ4v) is 2.10. The Morgan fingerprint density at radius 2 is 2.05 bits per heavy atom. The van der Waals surface area contributed by atoms with Crippen LogP contribution in [0.15, 0.2) is 55.2 Å². The second-order valence-corrected chi connectivity index (χ2v) is 4.72. The van der Waals surface area contributed by atoms with Crippen molar-refractivity contribution < 1.29 is 4.79 Å². The zero-order chi connectivity index (χ0) is 15.4. The number of carbonyl (C=O) groups excluding carboxylic acids is 1. The standard InChI is InChI=1S/C16H15N5O/c1-2-12-5-7-13(8-6-12)20-16(22)14-4-3-9-18-15(14)21-11-17-10-19-21/h3-11H,2H2,1H3,(H,20,22). The molecule has 0 aliphatic heterocycles. The van der Waals surface area contributed by atoms with Gasteiger partial charge in [0.25, 0.3) is 5.91 Å². The van der Waals surface area contributed by atoms with Gasteiger partial charge in [0.2, 0.25) is 0 Å². The Kier molecular flexibility index (Phi) is 3.91. The summed E-state index contributed by atoms with van der Waals surface area (Å²) in [4.78, 5) is 20.6. The van der Waals surface area contributed by atoms with Gasteiger partial charge in [-0.1, -0.05) is 19.1 Å². The van der Waals surface area contributed by atoms with Gasteiger partial charge in [-0.2, -0.15) is 5.10 Å². The Bertz CT molecular complexity index is 765. The number of amides is 1. The Balaban J connectivity index is 1.86. The van der Waals surface area contributed by atoms with E-state index in [-0.39, 0.29) is 5.91 Å². The molecule has 0 bridgehead atoms. The molecule has 3 rings (SSSR count). The Hall–Kier alpha value is -3.02. The molecular formula is C16H15N5O. The third-order valence-corrected chi connectivity index (χ3v) is 3.29. The first-order valence-electron chi connectivity index (χ1n) is 6.98. The van der Waals surface area contributed by atoms with Crippen molar-refractivity contribution in [2.45, 2.75) is 13.3 Å². The molecule has 3 aromatic rings. The van der Waals surface area contributed by atoms with Crippen LogP contribution in [-0.2, 0) is 6.42 Å². The molecule has 6 heteroatoms. The van der Waals surface area contributed by atoms with Gasteiger partial charge in [0.1, 0.15) is 12.7 Å². The Morgan fingerprint density at radius 3 is 2.73 bits per heavy atom. The van der Waals surface area contributed by atoms with Gasteiger partial charge in [0, 0.05) is 11.9 Å². The van der Waals surface area contributed by atoms with Crippen LogP contribution in [0, 0.1) is 0 Å². The maximum atomic E-state index is 12.5. The molecule has 0 atom stereocenters. The second-order valence-electron chi connectivity index (χ2n) is 4.72. The number of aromatic nitrogens is 4. The van der Waals surface area contributed by atoms with Gasteiger partial charge in [0.05, 0.1) is 5.56 Å². The minimum Gasteiger partial charge on any atom is -0.322 e. The van der Waals surface area contributed by atoms with Crippen LogP contribution in [0.3, 0.4) is 0 Å². The van der Waals surface area contributed by atoms with Crippen LogP contribution < -0.4 is 5.32 Å². The summed E-state index contributed by atoms with van der Waals surface area (Å²) in [6.07, 6.45) is 5.49. The number of hydrogen-bond acceptors (Lipinski definition) is 4. The first-order chi connectivity index (χ1) is 10.8. The highest BCUT2D eigenvalue weighted by Gasteiger charge is 2.14.